The van der Waals surface area contributed by atoms with Crippen LogP contribution in [0, 0.1) is 23.1 Å². The number of likely N-dealkylation sites (tertiary alicyclic amines) is 1. The Morgan fingerprint density at radius 1 is 1.24 bits per heavy atom. The standard InChI is InChI=1S/C24H29FN2O2/c1-17(2)20-14-24(16-29-22(20)18-7-9-19(25)10-8-18)11-5-13-27(15-24)23(28)21-6-3-4-12-26-21/h3-4,6-10,12,17,20,22H,5,11,13-16H2,1-2H3/t20-,22-,24+/m0/s1. The quantitative estimate of drug-likeness (QED) is 0.743. The molecule has 0 aliphatic carbocycles. The minimum Gasteiger partial charge on any atom is -0.373 e. The molecule has 0 saturated carbocycles. The van der Waals surface area contributed by atoms with Crippen LogP contribution in [0.4, 0.5) is 4.39 Å². The molecule has 4 rings (SSSR count). The van der Waals surface area contributed by atoms with Crippen LogP contribution >= 0.6 is 0 Å². The fraction of sp³-hybridized carbons (Fsp3) is 0.500. The Bertz CT molecular complexity index is 840. The van der Waals surface area contributed by atoms with E-state index in [1.807, 2.05) is 29.2 Å². The monoisotopic (exact) mass is 396 g/mol. The van der Waals surface area contributed by atoms with Crippen molar-refractivity contribution in [3.8, 4) is 0 Å². The molecule has 2 aromatic rings. The second kappa shape index (κ2) is 8.23. The number of aromatic nitrogens is 1. The van der Waals surface area contributed by atoms with E-state index in [2.05, 4.69) is 18.8 Å². The average molecular weight is 397 g/mol. The zero-order valence-corrected chi connectivity index (χ0v) is 17.2. The molecular weight excluding hydrogens is 367 g/mol. The maximum Gasteiger partial charge on any atom is 0.272 e. The summed E-state index contributed by atoms with van der Waals surface area (Å²) < 4.78 is 19.8. The summed E-state index contributed by atoms with van der Waals surface area (Å²) in [6.45, 7) is 6.56. The van der Waals surface area contributed by atoms with Crippen LogP contribution < -0.4 is 0 Å². The van der Waals surface area contributed by atoms with E-state index in [0.717, 1.165) is 31.4 Å². The van der Waals surface area contributed by atoms with Gasteiger partial charge in [0, 0.05) is 24.7 Å². The van der Waals surface area contributed by atoms with E-state index < -0.39 is 0 Å². The Labute approximate surface area is 172 Å². The number of amides is 1. The number of pyridine rings is 1. The van der Waals surface area contributed by atoms with Crippen molar-refractivity contribution in [3.05, 3.63) is 65.7 Å². The highest BCUT2D eigenvalue weighted by Crippen LogP contribution is 2.48. The number of ether oxygens (including phenoxy) is 1. The maximum absolute atomic E-state index is 13.4. The number of halogens is 1. The second-order valence-electron chi connectivity index (χ2n) is 8.94. The lowest BCUT2D eigenvalue weighted by atomic mass is 9.67. The summed E-state index contributed by atoms with van der Waals surface area (Å²) in [5, 5.41) is 0. The van der Waals surface area contributed by atoms with Crippen molar-refractivity contribution in [3.63, 3.8) is 0 Å². The van der Waals surface area contributed by atoms with Crippen molar-refractivity contribution < 1.29 is 13.9 Å². The van der Waals surface area contributed by atoms with Gasteiger partial charge in [-0.15, -0.1) is 0 Å². The summed E-state index contributed by atoms with van der Waals surface area (Å²) in [5.74, 6) is 0.549. The number of nitrogens with zero attached hydrogens (tertiary/aromatic N) is 2. The zero-order valence-electron chi connectivity index (χ0n) is 17.2. The first-order chi connectivity index (χ1) is 14.0. The van der Waals surface area contributed by atoms with Crippen molar-refractivity contribution in [2.45, 2.75) is 39.2 Å². The molecule has 4 nitrogen and oxygen atoms in total. The smallest absolute Gasteiger partial charge is 0.272 e. The molecule has 1 spiro atoms. The van der Waals surface area contributed by atoms with Gasteiger partial charge >= 0.3 is 0 Å². The highest BCUT2D eigenvalue weighted by Gasteiger charge is 2.46. The van der Waals surface area contributed by atoms with Gasteiger partial charge in [-0.3, -0.25) is 9.78 Å². The van der Waals surface area contributed by atoms with E-state index in [-0.39, 0.29) is 23.2 Å². The van der Waals surface area contributed by atoms with Gasteiger partial charge in [-0.1, -0.05) is 32.0 Å². The number of piperidine rings is 1. The Kier molecular flexibility index (Phi) is 5.68. The van der Waals surface area contributed by atoms with Gasteiger partial charge in [0.05, 0.1) is 12.7 Å². The van der Waals surface area contributed by atoms with Gasteiger partial charge in [-0.2, -0.15) is 0 Å². The Morgan fingerprint density at radius 3 is 2.72 bits per heavy atom. The van der Waals surface area contributed by atoms with Gasteiger partial charge in [0.2, 0.25) is 0 Å². The van der Waals surface area contributed by atoms with E-state index in [0.29, 0.717) is 30.7 Å². The number of carbonyl (C=O) groups is 1. The fourth-order valence-corrected chi connectivity index (χ4v) is 4.95. The minimum absolute atomic E-state index is 0.00595. The summed E-state index contributed by atoms with van der Waals surface area (Å²) in [4.78, 5) is 19.1. The highest BCUT2D eigenvalue weighted by molar-refractivity contribution is 5.92. The first-order valence-electron chi connectivity index (χ1n) is 10.5. The summed E-state index contributed by atoms with van der Waals surface area (Å²) >= 11 is 0. The molecule has 2 aliphatic rings. The molecule has 0 N–H and O–H groups in total. The molecule has 3 heterocycles. The lowest BCUT2D eigenvalue weighted by Gasteiger charge is -2.50. The number of rotatable bonds is 3. The molecule has 5 heteroatoms. The molecule has 1 aromatic carbocycles. The Hall–Kier alpha value is -2.27. The van der Waals surface area contributed by atoms with Crippen LogP contribution in [0.25, 0.3) is 0 Å². The number of carbonyl (C=O) groups excluding carboxylic acids is 1. The number of benzene rings is 1. The molecule has 154 valence electrons. The van der Waals surface area contributed by atoms with Crippen molar-refractivity contribution in [2.75, 3.05) is 19.7 Å². The minimum atomic E-state index is -0.224. The van der Waals surface area contributed by atoms with Gasteiger partial charge < -0.3 is 9.64 Å². The lowest BCUT2D eigenvalue weighted by molar-refractivity contribution is -0.130. The third-order valence-electron chi connectivity index (χ3n) is 6.51. The van der Waals surface area contributed by atoms with Crippen molar-refractivity contribution in [2.24, 2.45) is 17.3 Å². The van der Waals surface area contributed by atoms with Crippen molar-refractivity contribution >= 4 is 5.91 Å². The number of hydrogen-bond acceptors (Lipinski definition) is 3. The third-order valence-corrected chi connectivity index (χ3v) is 6.51. The molecule has 3 atom stereocenters. The van der Waals surface area contributed by atoms with Crippen LogP contribution in [0.3, 0.4) is 0 Å². The van der Waals surface area contributed by atoms with E-state index in [1.54, 1.807) is 12.3 Å². The fourth-order valence-electron chi connectivity index (χ4n) is 4.95. The summed E-state index contributed by atoms with van der Waals surface area (Å²) in [6.07, 6.45) is 4.70. The van der Waals surface area contributed by atoms with Crippen LogP contribution in [-0.4, -0.2) is 35.5 Å². The van der Waals surface area contributed by atoms with Gasteiger partial charge in [-0.05, 0) is 60.9 Å². The molecule has 2 fully saturated rings. The molecule has 1 amide bonds. The first kappa shape index (κ1) is 20.0. The van der Waals surface area contributed by atoms with Gasteiger partial charge in [0.25, 0.3) is 5.91 Å². The molecule has 0 bridgehead atoms. The van der Waals surface area contributed by atoms with Gasteiger partial charge in [-0.25, -0.2) is 4.39 Å². The van der Waals surface area contributed by atoms with Gasteiger partial charge in [0.1, 0.15) is 11.5 Å². The SMILES string of the molecule is CC(C)[C@@H]1C[C@@]2(CCCN(C(=O)c3ccccn3)C2)CO[C@H]1c1ccc(F)cc1. The molecule has 2 aliphatic heterocycles. The third kappa shape index (κ3) is 4.20. The maximum atomic E-state index is 13.4. The van der Waals surface area contributed by atoms with Crippen LogP contribution in [0.1, 0.15) is 55.3 Å². The van der Waals surface area contributed by atoms with Crippen LogP contribution in [-0.2, 0) is 4.74 Å². The van der Waals surface area contributed by atoms with Gasteiger partial charge in [0.15, 0.2) is 0 Å². The predicted molar refractivity (Wildman–Crippen MR) is 110 cm³/mol. The highest BCUT2D eigenvalue weighted by atomic mass is 19.1. The van der Waals surface area contributed by atoms with Crippen LogP contribution in [0.2, 0.25) is 0 Å². The predicted octanol–water partition coefficient (Wildman–Crippen LogP) is 4.88. The van der Waals surface area contributed by atoms with E-state index in [1.165, 1.54) is 12.1 Å². The topological polar surface area (TPSA) is 42.4 Å². The number of hydrogen-bond donors (Lipinski definition) is 0. The molecule has 0 radical (unpaired) electrons. The zero-order chi connectivity index (χ0) is 20.4. The summed E-state index contributed by atoms with van der Waals surface area (Å²) in [7, 11) is 0. The molecule has 1 aromatic heterocycles. The summed E-state index contributed by atoms with van der Waals surface area (Å²) in [5.41, 5.74) is 1.52. The molecule has 29 heavy (non-hydrogen) atoms. The summed E-state index contributed by atoms with van der Waals surface area (Å²) in [6, 6.07) is 12.2. The van der Waals surface area contributed by atoms with E-state index in [4.69, 9.17) is 4.74 Å². The second-order valence-corrected chi connectivity index (χ2v) is 8.94. The van der Waals surface area contributed by atoms with E-state index >= 15 is 0 Å². The Balaban J connectivity index is 1.52. The molecular formula is C24H29FN2O2. The molecule has 0 unspecified atom stereocenters. The first-order valence-corrected chi connectivity index (χ1v) is 10.5. The normalized spacial score (nSPS) is 27.4. The Morgan fingerprint density at radius 2 is 2.03 bits per heavy atom. The van der Waals surface area contributed by atoms with Crippen LogP contribution in [0.15, 0.2) is 48.7 Å². The van der Waals surface area contributed by atoms with Crippen molar-refractivity contribution in [1.82, 2.24) is 9.88 Å². The average Bonchev–Trinajstić information content (AvgIpc) is 2.74. The lowest BCUT2D eigenvalue weighted by Crippen LogP contribution is -2.52. The van der Waals surface area contributed by atoms with E-state index in [9.17, 15) is 9.18 Å². The molecule has 2 saturated heterocycles. The largest absolute Gasteiger partial charge is 0.373 e. The van der Waals surface area contributed by atoms with Crippen LogP contribution in [0.5, 0.6) is 0 Å². The van der Waals surface area contributed by atoms with Crippen molar-refractivity contribution in [1.29, 1.82) is 0 Å².